The number of rotatable bonds is 17. The molecule has 8 aromatic carbocycles. The number of hydrogen-bond acceptors (Lipinski definition) is 4. The zero-order valence-corrected chi connectivity index (χ0v) is 41.5. The highest BCUT2D eigenvalue weighted by Gasteiger charge is 2.23. The molecule has 0 aliphatic rings. The van der Waals surface area contributed by atoms with E-state index in [0.29, 0.717) is 0 Å². The summed E-state index contributed by atoms with van der Waals surface area (Å²) in [5.41, 5.74) is 19.1. The van der Waals surface area contributed by atoms with Crippen LogP contribution in [0.15, 0.2) is 231 Å². The van der Waals surface area contributed by atoms with Gasteiger partial charge in [-0.1, -0.05) is 257 Å². The molecule has 342 valence electrons. The van der Waals surface area contributed by atoms with Crippen molar-refractivity contribution in [1.82, 2.24) is 9.97 Å². The van der Waals surface area contributed by atoms with Crippen molar-refractivity contribution in [3.8, 4) is 30.9 Å². The van der Waals surface area contributed by atoms with Gasteiger partial charge in [0.05, 0.1) is 21.1 Å². The van der Waals surface area contributed by atoms with Gasteiger partial charge in [-0.15, -0.1) is 22.7 Å². The Morgan fingerprint density at radius 3 is 0.757 bits per heavy atom. The molecule has 0 aliphatic carbocycles. The average Bonchev–Trinajstić information content (AvgIpc) is 4.07. The van der Waals surface area contributed by atoms with Crippen molar-refractivity contribution in [1.29, 1.82) is 0 Å². The molecule has 0 radical (unpaired) electrons. The van der Waals surface area contributed by atoms with Gasteiger partial charge in [-0.3, -0.25) is 0 Å². The molecule has 0 saturated carbocycles. The van der Waals surface area contributed by atoms with Crippen LogP contribution in [-0.4, -0.2) is 9.97 Å². The van der Waals surface area contributed by atoms with Gasteiger partial charge < -0.3 is 0 Å². The molecule has 2 aromatic heterocycles. The Labute approximate surface area is 422 Å². The van der Waals surface area contributed by atoms with Crippen LogP contribution in [0.4, 0.5) is 0 Å². The first-order chi connectivity index (χ1) is 34.7. The molecule has 0 amide bonds. The lowest BCUT2D eigenvalue weighted by atomic mass is 9.85. The van der Waals surface area contributed by atoms with E-state index in [1.54, 1.807) is 22.7 Å². The first-order valence-electron chi connectivity index (χ1n) is 24.7. The van der Waals surface area contributed by atoms with Crippen LogP contribution in [0.5, 0.6) is 0 Å². The third-order valence-electron chi connectivity index (χ3n) is 12.9. The molecule has 10 aromatic rings. The molecule has 0 atom stereocenters. The fourth-order valence-electron chi connectivity index (χ4n) is 9.39. The van der Waals surface area contributed by atoms with E-state index < -0.39 is 0 Å². The Kier molecular flexibility index (Phi) is 14.7. The molecule has 0 fully saturated rings. The summed E-state index contributed by atoms with van der Waals surface area (Å²) >= 11 is 3.58. The molecule has 0 N–H and O–H groups in total. The minimum Gasteiger partial charge on any atom is -0.238 e. The van der Waals surface area contributed by atoms with E-state index in [1.807, 2.05) is 0 Å². The minimum absolute atomic E-state index is 0.930. The van der Waals surface area contributed by atoms with E-state index >= 15 is 0 Å². The number of aromatic nitrogens is 2. The van der Waals surface area contributed by atoms with E-state index in [2.05, 4.69) is 244 Å². The van der Waals surface area contributed by atoms with E-state index in [-0.39, 0.29) is 0 Å². The molecule has 4 heteroatoms. The lowest BCUT2D eigenvalue weighted by Gasteiger charge is -2.18. The van der Waals surface area contributed by atoms with Crippen molar-refractivity contribution in [3.05, 3.63) is 286 Å². The summed E-state index contributed by atoms with van der Waals surface area (Å²) in [6.07, 6.45) is 6.24. The second kappa shape index (κ2) is 22.3. The molecule has 0 unspecified atom stereocenters. The van der Waals surface area contributed by atoms with Crippen LogP contribution in [0.2, 0.25) is 0 Å². The maximum absolute atomic E-state index is 5.43. The largest absolute Gasteiger partial charge is 0.238 e. The lowest BCUT2D eigenvalue weighted by Crippen LogP contribution is -1.97. The van der Waals surface area contributed by atoms with Gasteiger partial charge in [0.15, 0.2) is 10.0 Å². The second-order valence-electron chi connectivity index (χ2n) is 17.6. The molecular weight excluding hydrogens is 885 g/mol. The van der Waals surface area contributed by atoms with Crippen molar-refractivity contribution in [2.75, 3.05) is 0 Å². The standard InChI is InChI=1S/C66H56N2S2/c1-3-5-37-57-63(55-43-39-53(40-44-55)61(51-33-21-11-22-34-51)59(47-25-13-7-14-26-47)48-27-15-8-16-28-48)69-65(67-57)66-68-58(38-6-4-2)64(70-66)56-45-41-54(42-46-56)62(52-35-23-12-24-36-52)60(49-29-17-9-18-30-49)50-31-19-10-20-32-50/h7-36,39-46H,3-6,37-38H2,1-2H3. The Morgan fingerprint density at radius 1 is 0.300 bits per heavy atom. The summed E-state index contributed by atoms with van der Waals surface area (Å²) in [7, 11) is 0. The maximum Gasteiger partial charge on any atom is 0.153 e. The predicted molar refractivity (Wildman–Crippen MR) is 300 cm³/mol. The van der Waals surface area contributed by atoms with Crippen LogP contribution >= 0.6 is 22.7 Å². The molecule has 2 nitrogen and oxygen atoms in total. The first kappa shape index (κ1) is 46.2. The van der Waals surface area contributed by atoms with Gasteiger partial charge in [-0.05, 0) is 104 Å². The SMILES string of the molecule is CCCCc1nc(-c2nc(CCCC)c(-c3ccc(C(=C(c4ccccc4)c4ccccc4)c4ccccc4)cc3)s2)sc1-c1ccc(C(=C(c2ccccc2)c2ccccc2)c2ccccc2)cc1. The summed E-state index contributed by atoms with van der Waals surface area (Å²) in [5, 5.41) is 2.00. The molecule has 0 aliphatic heterocycles. The smallest absolute Gasteiger partial charge is 0.153 e. The van der Waals surface area contributed by atoms with Crippen LogP contribution in [-0.2, 0) is 12.8 Å². The highest BCUT2D eigenvalue weighted by molar-refractivity contribution is 7.24. The third-order valence-corrected chi connectivity index (χ3v) is 15.3. The van der Waals surface area contributed by atoms with Crippen LogP contribution in [0.1, 0.15) is 95.4 Å². The summed E-state index contributed by atoms with van der Waals surface area (Å²) < 4.78 is 0. The van der Waals surface area contributed by atoms with Crippen molar-refractivity contribution >= 4 is 45.0 Å². The zero-order chi connectivity index (χ0) is 47.5. The van der Waals surface area contributed by atoms with Crippen molar-refractivity contribution in [2.45, 2.75) is 52.4 Å². The van der Waals surface area contributed by atoms with Crippen molar-refractivity contribution < 1.29 is 0 Å². The highest BCUT2D eigenvalue weighted by Crippen LogP contribution is 2.44. The topological polar surface area (TPSA) is 25.8 Å². The monoisotopic (exact) mass is 940 g/mol. The minimum atomic E-state index is 0.930. The summed E-state index contributed by atoms with van der Waals surface area (Å²) in [5.74, 6) is 0. The number of aryl methyl sites for hydroxylation is 2. The van der Waals surface area contributed by atoms with E-state index in [9.17, 15) is 0 Å². The number of nitrogens with zero attached hydrogens (tertiary/aromatic N) is 2. The van der Waals surface area contributed by atoms with Crippen LogP contribution in [0.3, 0.4) is 0 Å². The number of unbranched alkanes of at least 4 members (excludes halogenated alkanes) is 2. The van der Waals surface area contributed by atoms with Gasteiger partial charge in [0.2, 0.25) is 0 Å². The number of benzene rings is 8. The molecular formula is C66H56N2S2. The molecule has 10 rings (SSSR count). The normalized spacial score (nSPS) is 11.1. The van der Waals surface area contributed by atoms with E-state index in [0.717, 1.165) is 59.9 Å². The molecule has 70 heavy (non-hydrogen) atoms. The van der Waals surface area contributed by atoms with E-state index in [4.69, 9.17) is 9.97 Å². The first-order valence-corrected chi connectivity index (χ1v) is 26.3. The molecule has 2 heterocycles. The Morgan fingerprint density at radius 2 is 0.529 bits per heavy atom. The molecule has 0 bridgehead atoms. The van der Waals surface area contributed by atoms with Crippen LogP contribution in [0.25, 0.3) is 53.2 Å². The predicted octanol–water partition coefficient (Wildman–Crippen LogP) is 18.3. The van der Waals surface area contributed by atoms with Gasteiger partial charge in [0.1, 0.15) is 0 Å². The number of thiazole rings is 2. The van der Waals surface area contributed by atoms with E-state index in [1.165, 1.54) is 87.7 Å². The third kappa shape index (κ3) is 10.3. The van der Waals surface area contributed by atoms with Gasteiger partial charge in [-0.25, -0.2) is 9.97 Å². The number of hydrogen-bond donors (Lipinski definition) is 0. The van der Waals surface area contributed by atoms with Crippen LogP contribution < -0.4 is 0 Å². The fourth-order valence-corrected chi connectivity index (χ4v) is 11.6. The zero-order valence-electron chi connectivity index (χ0n) is 39.9. The van der Waals surface area contributed by atoms with Crippen molar-refractivity contribution in [3.63, 3.8) is 0 Å². The van der Waals surface area contributed by atoms with Crippen LogP contribution in [0, 0.1) is 0 Å². The van der Waals surface area contributed by atoms with Gasteiger partial charge in [-0.2, -0.15) is 0 Å². The molecule has 0 spiro atoms. The van der Waals surface area contributed by atoms with Crippen molar-refractivity contribution in [2.24, 2.45) is 0 Å². The van der Waals surface area contributed by atoms with Gasteiger partial charge in [0.25, 0.3) is 0 Å². The van der Waals surface area contributed by atoms with Gasteiger partial charge >= 0.3 is 0 Å². The summed E-state index contributed by atoms with van der Waals surface area (Å²) in [6, 6.07) is 83.3. The maximum atomic E-state index is 5.43. The summed E-state index contributed by atoms with van der Waals surface area (Å²) in [4.78, 5) is 13.3. The Bertz CT molecular complexity index is 3010. The average molecular weight is 941 g/mol. The molecule has 0 saturated heterocycles. The highest BCUT2D eigenvalue weighted by atomic mass is 32.1. The van der Waals surface area contributed by atoms with Gasteiger partial charge in [0, 0.05) is 0 Å². The summed E-state index contributed by atoms with van der Waals surface area (Å²) in [6.45, 7) is 4.52. The lowest BCUT2D eigenvalue weighted by molar-refractivity contribution is 0.780. The Hall–Kier alpha value is -7.50. The quantitative estimate of drug-likeness (QED) is 0.0850. The second-order valence-corrected chi connectivity index (χ2v) is 19.6. The Balaban J connectivity index is 1.04. The fraction of sp³-hybridized carbons (Fsp3) is 0.121.